The van der Waals surface area contributed by atoms with Crippen molar-refractivity contribution in [2.45, 2.75) is 19.4 Å². The zero-order chi connectivity index (χ0) is 13.2. The highest BCUT2D eigenvalue weighted by Gasteiger charge is 2.09. The number of hydrogen-bond acceptors (Lipinski definition) is 4. The lowest BCUT2D eigenvalue weighted by Gasteiger charge is -2.18. The van der Waals surface area contributed by atoms with Crippen LogP contribution in [-0.4, -0.2) is 33.4 Å². The van der Waals surface area contributed by atoms with E-state index in [1.807, 2.05) is 18.2 Å². The number of benzene rings is 1. The minimum atomic E-state index is 0.144. The van der Waals surface area contributed by atoms with Crippen molar-refractivity contribution < 1.29 is 9.47 Å². The largest absolute Gasteiger partial charge is 0.494 e. The Morgan fingerprint density at radius 1 is 1.33 bits per heavy atom. The normalized spacial score (nSPS) is 12.4. The van der Waals surface area contributed by atoms with E-state index in [1.54, 1.807) is 7.11 Å². The quantitative estimate of drug-likeness (QED) is 0.657. The number of methoxy groups -OCH3 is 1. The maximum atomic E-state index is 5.79. The Labute approximate surface area is 109 Å². The van der Waals surface area contributed by atoms with Crippen LogP contribution in [0.1, 0.15) is 24.9 Å². The van der Waals surface area contributed by atoms with Crippen molar-refractivity contribution in [3.63, 3.8) is 0 Å². The van der Waals surface area contributed by atoms with Gasteiger partial charge in [-0.1, -0.05) is 19.1 Å². The molecule has 1 rings (SSSR count). The van der Waals surface area contributed by atoms with E-state index in [0.717, 1.165) is 30.9 Å². The van der Waals surface area contributed by atoms with Gasteiger partial charge in [-0.3, -0.25) is 0 Å². The second kappa shape index (κ2) is 8.91. The molecule has 18 heavy (non-hydrogen) atoms. The highest BCUT2D eigenvalue weighted by Crippen LogP contribution is 2.18. The first kappa shape index (κ1) is 15.0. The summed E-state index contributed by atoms with van der Waals surface area (Å²) in [4.78, 5) is 0. The number of nitrogens with two attached hydrogens (primary N) is 1. The van der Waals surface area contributed by atoms with Crippen LogP contribution in [0.4, 0.5) is 0 Å². The molecule has 0 bridgehead atoms. The maximum Gasteiger partial charge on any atom is 0.119 e. The van der Waals surface area contributed by atoms with Gasteiger partial charge in [0.1, 0.15) is 5.75 Å². The highest BCUT2D eigenvalue weighted by atomic mass is 16.5. The lowest BCUT2D eigenvalue weighted by atomic mass is 10.1. The molecule has 4 nitrogen and oxygen atoms in total. The van der Waals surface area contributed by atoms with Gasteiger partial charge in [0.25, 0.3) is 0 Å². The summed E-state index contributed by atoms with van der Waals surface area (Å²) in [5.74, 6) is 0.904. The van der Waals surface area contributed by atoms with Gasteiger partial charge in [-0.25, -0.2) is 0 Å². The second-order valence-corrected chi connectivity index (χ2v) is 4.16. The molecule has 1 atom stereocenters. The molecule has 102 valence electrons. The van der Waals surface area contributed by atoms with Crippen LogP contribution < -0.4 is 15.8 Å². The monoisotopic (exact) mass is 252 g/mol. The van der Waals surface area contributed by atoms with Gasteiger partial charge in [-0.05, 0) is 24.1 Å². The molecule has 0 aliphatic heterocycles. The molecule has 0 heterocycles. The van der Waals surface area contributed by atoms with Crippen LogP contribution in [0.3, 0.4) is 0 Å². The van der Waals surface area contributed by atoms with E-state index < -0.39 is 0 Å². The number of nitrogens with one attached hydrogen (secondary N) is 1. The van der Waals surface area contributed by atoms with Gasteiger partial charge in [0, 0.05) is 26.2 Å². The first-order valence-corrected chi connectivity index (χ1v) is 6.47. The summed E-state index contributed by atoms with van der Waals surface area (Å²) in [5, 5.41) is 3.36. The van der Waals surface area contributed by atoms with Gasteiger partial charge in [0.15, 0.2) is 0 Å². The van der Waals surface area contributed by atoms with Crippen molar-refractivity contribution in [3.8, 4) is 5.75 Å². The highest BCUT2D eigenvalue weighted by molar-refractivity contribution is 5.30. The average molecular weight is 252 g/mol. The van der Waals surface area contributed by atoms with E-state index in [0.29, 0.717) is 13.2 Å². The molecule has 0 aromatic heterocycles. The molecule has 1 unspecified atom stereocenters. The molecule has 0 amide bonds. The molecule has 0 aliphatic carbocycles. The summed E-state index contributed by atoms with van der Waals surface area (Å²) in [6.07, 6.45) is 1.01. The summed E-state index contributed by atoms with van der Waals surface area (Å²) >= 11 is 0. The third kappa shape index (κ3) is 5.04. The fourth-order valence-electron chi connectivity index (χ4n) is 1.71. The summed E-state index contributed by atoms with van der Waals surface area (Å²) < 4.78 is 10.6. The second-order valence-electron chi connectivity index (χ2n) is 4.16. The topological polar surface area (TPSA) is 56.5 Å². The first-order valence-electron chi connectivity index (χ1n) is 6.47. The fourth-order valence-corrected chi connectivity index (χ4v) is 1.71. The maximum absolute atomic E-state index is 5.79. The minimum absolute atomic E-state index is 0.144. The molecule has 4 heteroatoms. The Kier molecular flexibility index (Phi) is 7.41. The summed E-state index contributed by atoms with van der Waals surface area (Å²) in [7, 11) is 1.69. The van der Waals surface area contributed by atoms with Crippen LogP contribution in [0.2, 0.25) is 0 Å². The molecule has 0 aliphatic rings. The lowest BCUT2D eigenvalue weighted by Crippen LogP contribution is -2.30. The SMILES string of the molecule is CCCOc1cccc(C(CN)NCCOC)c1. The van der Waals surface area contributed by atoms with E-state index >= 15 is 0 Å². The Balaban J connectivity index is 2.60. The van der Waals surface area contributed by atoms with Gasteiger partial charge in [-0.15, -0.1) is 0 Å². The van der Waals surface area contributed by atoms with Crippen molar-refractivity contribution in [2.75, 3.05) is 33.4 Å². The molecule has 0 radical (unpaired) electrons. The van der Waals surface area contributed by atoms with Gasteiger partial charge < -0.3 is 20.5 Å². The summed E-state index contributed by atoms with van der Waals surface area (Å²) in [6.45, 7) is 4.87. The van der Waals surface area contributed by atoms with E-state index in [4.69, 9.17) is 15.2 Å². The Morgan fingerprint density at radius 2 is 2.17 bits per heavy atom. The van der Waals surface area contributed by atoms with Gasteiger partial charge in [0.05, 0.1) is 13.2 Å². The van der Waals surface area contributed by atoms with Crippen LogP contribution >= 0.6 is 0 Å². The predicted octanol–water partition coefficient (Wildman–Crippen LogP) is 1.71. The van der Waals surface area contributed by atoms with Crippen LogP contribution in [0.15, 0.2) is 24.3 Å². The van der Waals surface area contributed by atoms with Gasteiger partial charge in [-0.2, -0.15) is 0 Å². The standard InChI is InChI=1S/C14H24N2O2/c1-3-8-18-13-6-4-5-12(10-13)14(11-15)16-7-9-17-2/h4-6,10,14,16H,3,7-9,11,15H2,1-2H3. The molecular weight excluding hydrogens is 228 g/mol. The molecule has 0 spiro atoms. The predicted molar refractivity (Wildman–Crippen MR) is 73.9 cm³/mol. The number of rotatable bonds is 9. The Hall–Kier alpha value is -1.10. The smallest absolute Gasteiger partial charge is 0.119 e. The van der Waals surface area contributed by atoms with Gasteiger partial charge >= 0.3 is 0 Å². The van der Waals surface area contributed by atoms with E-state index in [2.05, 4.69) is 18.3 Å². The fraction of sp³-hybridized carbons (Fsp3) is 0.571. The average Bonchev–Trinajstić information content (AvgIpc) is 2.42. The molecule has 1 aromatic carbocycles. The number of hydrogen-bond donors (Lipinski definition) is 2. The Morgan fingerprint density at radius 3 is 2.83 bits per heavy atom. The molecular formula is C14H24N2O2. The van der Waals surface area contributed by atoms with Crippen LogP contribution in [0, 0.1) is 0 Å². The Bertz CT molecular complexity index is 331. The molecule has 0 saturated carbocycles. The van der Waals surface area contributed by atoms with Crippen molar-refractivity contribution in [2.24, 2.45) is 5.73 Å². The van der Waals surface area contributed by atoms with Crippen LogP contribution in [-0.2, 0) is 4.74 Å². The van der Waals surface area contributed by atoms with E-state index in [-0.39, 0.29) is 6.04 Å². The lowest BCUT2D eigenvalue weighted by molar-refractivity contribution is 0.196. The molecule has 3 N–H and O–H groups in total. The molecule has 1 aromatic rings. The summed E-state index contributed by atoms with van der Waals surface area (Å²) in [6, 6.07) is 8.23. The van der Waals surface area contributed by atoms with E-state index in [1.165, 1.54) is 0 Å². The van der Waals surface area contributed by atoms with Crippen molar-refractivity contribution >= 4 is 0 Å². The van der Waals surface area contributed by atoms with Crippen molar-refractivity contribution in [1.29, 1.82) is 0 Å². The third-order valence-corrected chi connectivity index (χ3v) is 2.67. The van der Waals surface area contributed by atoms with E-state index in [9.17, 15) is 0 Å². The van der Waals surface area contributed by atoms with Crippen molar-refractivity contribution in [3.05, 3.63) is 29.8 Å². The number of ether oxygens (including phenoxy) is 2. The van der Waals surface area contributed by atoms with Crippen molar-refractivity contribution in [1.82, 2.24) is 5.32 Å². The van der Waals surface area contributed by atoms with Crippen LogP contribution in [0.25, 0.3) is 0 Å². The first-order chi connectivity index (χ1) is 8.81. The van der Waals surface area contributed by atoms with Gasteiger partial charge in [0.2, 0.25) is 0 Å². The molecule has 0 saturated heterocycles. The zero-order valence-electron chi connectivity index (χ0n) is 11.3. The minimum Gasteiger partial charge on any atom is -0.494 e. The van der Waals surface area contributed by atoms with Crippen LogP contribution in [0.5, 0.6) is 5.75 Å². The zero-order valence-corrected chi connectivity index (χ0v) is 11.3. The molecule has 0 fully saturated rings. The third-order valence-electron chi connectivity index (χ3n) is 2.67. The summed E-state index contributed by atoms with van der Waals surface area (Å²) in [5.41, 5.74) is 6.95.